The molecule has 24 heavy (non-hydrogen) atoms. The van der Waals surface area contributed by atoms with E-state index in [4.69, 9.17) is 4.42 Å². The van der Waals surface area contributed by atoms with Gasteiger partial charge in [0.2, 0.25) is 5.91 Å². The molecule has 1 aromatic heterocycles. The van der Waals surface area contributed by atoms with Crippen LogP contribution in [0.25, 0.3) is 0 Å². The van der Waals surface area contributed by atoms with E-state index in [2.05, 4.69) is 10.3 Å². The normalized spacial score (nSPS) is 23.8. The monoisotopic (exact) mass is 343 g/mol. The molecule has 1 aliphatic carbocycles. The number of amides is 1. The molecule has 0 radical (unpaired) electrons. The van der Waals surface area contributed by atoms with Crippen molar-refractivity contribution in [3.8, 4) is 0 Å². The van der Waals surface area contributed by atoms with Crippen LogP contribution in [0.3, 0.4) is 0 Å². The van der Waals surface area contributed by atoms with Gasteiger partial charge in [0.25, 0.3) is 0 Å². The molecule has 0 spiro atoms. The summed E-state index contributed by atoms with van der Waals surface area (Å²) in [7, 11) is 0. The molecule has 1 amide bonds. The van der Waals surface area contributed by atoms with E-state index in [1.165, 1.54) is 0 Å². The SMILES string of the molecule is CCc1nc(C)c(CNC(=O)C2CCC(C(=O)[O-])N2C2CC2)o1.[Na+]. The third-order valence-electron chi connectivity index (χ3n) is 4.64. The number of carbonyl (C=O) groups excluding carboxylic acids is 2. The maximum Gasteiger partial charge on any atom is 1.00 e. The Morgan fingerprint density at radius 2 is 1.96 bits per heavy atom. The second-order valence-electron chi connectivity index (χ2n) is 6.29. The van der Waals surface area contributed by atoms with Gasteiger partial charge in [0, 0.05) is 12.5 Å². The Morgan fingerprint density at radius 1 is 1.29 bits per heavy atom. The van der Waals surface area contributed by atoms with Crippen LogP contribution in [0.2, 0.25) is 0 Å². The van der Waals surface area contributed by atoms with Gasteiger partial charge in [0.1, 0.15) is 5.76 Å². The number of carbonyl (C=O) groups is 2. The van der Waals surface area contributed by atoms with Gasteiger partial charge in [-0.05, 0) is 32.6 Å². The molecule has 1 N–H and O–H groups in total. The summed E-state index contributed by atoms with van der Waals surface area (Å²) in [5.41, 5.74) is 0.778. The second kappa shape index (κ2) is 7.99. The van der Waals surface area contributed by atoms with Crippen LogP contribution in [0.1, 0.15) is 50.0 Å². The molecule has 126 valence electrons. The molecule has 1 aromatic rings. The summed E-state index contributed by atoms with van der Waals surface area (Å²) in [6.45, 7) is 4.09. The van der Waals surface area contributed by atoms with Crippen molar-refractivity contribution in [3.63, 3.8) is 0 Å². The van der Waals surface area contributed by atoms with Gasteiger partial charge in [0.15, 0.2) is 5.89 Å². The van der Waals surface area contributed by atoms with E-state index in [1.54, 1.807) is 0 Å². The number of nitrogens with one attached hydrogen (secondary N) is 1. The minimum Gasteiger partial charge on any atom is -0.548 e. The van der Waals surface area contributed by atoms with Gasteiger partial charge >= 0.3 is 29.6 Å². The first-order chi connectivity index (χ1) is 11.0. The molecule has 0 aromatic carbocycles. The first-order valence-electron chi connectivity index (χ1n) is 8.22. The van der Waals surface area contributed by atoms with Crippen LogP contribution in [0, 0.1) is 6.92 Å². The van der Waals surface area contributed by atoms with Crippen LogP contribution in [-0.4, -0.2) is 39.9 Å². The molecule has 8 heteroatoms. The quantitative estimate of drug-likeness (QED) is 0.550. The van der Waals surface area contributed by atoms with Crippen LogP contribution in [0.15, 0.2) is 4.42 Å². The topological polar surface area (TPSA) is 98.5 Å². The summed E-state index contributed by atoms with van der Waals surface area (Å²) in [5, 5.41) is 14.1. The van der Waals surface area contributed by atoms with Crippen molar-refractivity contribution >= 4 is 11.9 Å². The summed E-state index contributed by atoms with van der Waals surface area (Å²) < 4.78 is 5.58. The van der Waals surface area contributed by atoms with E-state index in [0.717, 1.165) is 18.5 Å². The zero-order valence-electron chi connectivity index (χ0n) is 14.5. The molecule has 2 atom stereocenters. The number of aliphatic carboxylic acids is 1. The summed E-state index contributed by atoms with van der Waals surface area (Å²) in [6, 6.07) is -0.828. The average Bonchev–Trinajstić information content (AvgIpc) is 3.15. The van der Waals surface area contributed by atoms with Crippen molar-refractivity contribution in [1.29, 1.82) is 0 Å². The average molecular weight is 343 g/mol. The van der Waals surface area contributed by atoms with Crippen molar-refractivity contribution < 1.29 is 48.7 Å². The fraction of sp³-hybridized carbons (Fsp3) is 0.688. The third-order valence-corrected chi connectivity index (χ3v) is 4.64. The predicted molar refractivity (Wildman–Crippen MR) is 79.1 cm³/mol. The van der Waals surface area contributed by atoms with Crippen LogP contribution in [0.4, 0.5) is 0 Å². The third kappa shape index (κ3) is 4.02. The van der Waals surface area contributed by atoms with Crippen molar-refractivity contribution in [2.45, 2.75) is 70.6 Å². The molecular weight excluding hydrogens is 321 g/mol. The van der Waals surface area contributed by atoms with E-state index < -0.39 is 12.0 Å². The number of carboxylic acid groups (broad SMARTS) is 1. The standard InChI is InChI=1S/C16H23N3O4.Na/c1-3-14-18-9(2)13(23-14)8-17-15(20)11-6-7-12(16(21)22)19(11)10-4-5-10;/h10-12H,3-8H2,1-2H3,(H,17,20)(H,21,22);/q;+1/p-1. The molecule has 1 saturated carbocycles. The fourth-order valence-electron chi connectivity index (χ4n) is 3.31. The molecule has 2 unspecified atom stereocenters. The number of hydrogen-bond acceptors (Lipinski definition) is 6. The molecule has 2 heterocycles. The number of likely N-dealkylation sites (tertiary alicyclic amines) is 1. The van der Waals surface area contributed by atoms with E-state index in [-0.39, 0.29) is 54.1 Å². The largest absolute Gasteiger partial charge is 1.00 e. The molecule has 1 aliphatic heterocycles. The van der Waals surface area contributed by atoms with Gasteiger partial charge < -0.3 is 19.6 Å². The number of nitrogens with zero attached hydrogens (tertiary/aromatic N) is 2. The van der Waals surface area contributed by atoms with Crippen LogP contribution < -0.4 is 40.0 Å². The second-order valence-corrected chi connectivity index (χ2v) is 6.29. The zero-order chi connectivity index (χ0) is 16.6. The summed E-state index contributed by atoms with van der Waals surface area (Å²) >= 11 is 0. The zero-order valence-corrected chi connectivity index (χ0v) is 16.5. The molecule has 1 saturated heterocycles. The maximum atomic E-state index is 12.5. The summed E-state index contributed by atoms with van der Waals surface area (Å²) in [6.07, 6.45) is 3.64. The van der Waals surface area contributed by atoms with E-state index in [9.17, 15) is 14.7 Å². The van der Waals surface area contributed by atoms with Crippen LogP contribution >= 0.6 is 0 Å². The molecular formula is C16H22N3NaO4. The van der Waals surface area contributed by atoms with Gasteiger partial charge in [-0.2, -0.15) is 0 Å². The number of rotatable bonds is 6. The van der Waals surface area contributed by atoms with E-state index in [1.807, 2.05) is 18.7 Å². The minimum absolute atomic E-state index is 0. The summed E-state index contributed by atoms with van der Waals surface area (Å²) in [4.78, 5) is 29.9. The smallest absolute Gasteiger partial charge is 0.548 e. The van der Waals surface area contributed by atoms with Gasteiger partial charge in [-0.15, -0.1) is 0 Å². The van der Waals surface area contributed by atoms with Gasteiger partial charge in [-0.1, -0.05) is 6.92 Å². The number of aryl methyl sites for hydroxylation is 2. The molecule has 7 nitrogen and oxygen atoms in total. The minimum atomic E-state index is -1.08. The van der Waals surface area contributed by atoms with Crippen LogP contribution in [-0.2, 0) is 22.6 Å². The predicted octanol–water partition coefficient (Wildman–Crippen LogP) is -3.09. The fourth-order valence-corrected chi connectivity index (χ4v) is 3.31. The molecule has 3 rings (SSSR count). The molecule has 2 fully saturated rings. The van der Waals surface area contributed by atoms with Crippen LogP contribution in [0.5, 0.6) is 0 Å². The molecule has 0 bridgehead atoms. The van der Waals surface area contributed by atoms with Crippen molar-refractivity contribution in [3.05, 3.63) is 17.3 Å². The first kappa shape index (κ1) is 19.4. The number of carboxylic acids is 1. The van der Waals surface area contributed by atoms with Gasteiger partial charge in [0.05, 0.1) is 30.3 Å². The Labute approximate surface area is 163 Å². The maximum absolute atomic E-state index is 12.5. The Hall–Kier alpha value is -0.890. The Balaban J connectivity index is 0.00000208. The summed E-state index contributed by atoms with van der Waals surface area (Å²) in [5.74, 6) is 0.0900. The number of aromatic nitrogens is 1. The Bertz CT molecular complexity index is 614. The van der Waals surface area contributed by atoms with Crippen molar-refractivity contribution in [2.75, 3.05) is 0 Å². The van der Waals surface area contributed by atoms with Gasteiger partial charge in [-0.3, -0.25) is 9.69 Å². The van der Waals surface area contributed by atoms with E-state index >= 15 is 0 Å². The Morgan fingerprint density at radius 3 is 2.50 bits per heavy atom. The number of hydrogen-bond donors (Lipinski definition) is 1. The number of oxazole rings is 1. The van der Waals surface area contributed by atoms with Crippen molar-refractivity contribution in [1.82, 2.24) is 15.2 Å². The van der Waals surface area contributed by atoms with Crippen molar-refractivity contribution in [2.24, 2.45) is 0 Å². The first-order valence-corrected chi connectivity index (χ1v) is 8.22. The van der Waals surface area contributed by atoms with Gasteiger partial charge in [-0.25, -0.2) is 4.98 Å². The Kier molecular flexibility index (Phi) is 6.47. The molecule has 2 aliphatic rings. The van der Waals surface area contributed by atoms with E-state index in [0.29, 0.717) is 30.9 Å².